The molecular weight excluding hydrogens is 268 g/mol. The Kier molecular flexibility index (Phi) is 5.94. The minimum absolute atomic E-state index is 0.0450. The van der Waals surface area contributed by atoms with Crippen molar-refractivity contribution in [2.45, 2.75) is 55.6 Å². The van der Waals surface area contributed by atoms with Crippen molar-refractivity contribution in [3.63, 3.8) is 0 Å². The van der Waals surface area contributed by atoms with E-state index in [4.69, 9.17) is 0 Å². The highest BCUT2D eigenvalue weighted by Crippen LogP contribution is 2.45. The normalized spacial score (nSPS) is 21.4. The molecule has 0 amide bonds. The summed E-state index contributed by atoms with van der Waals surface area (Å²) in [7, 11) is 0. The van der Waals surface area contributed by atoms with E-state index in [1.165, 1.54) is 24.8 Å². The van der Waals surface area contributed by atoms with Crippen LogP contribution in [0.1, 0.15) is 44.6 Å². The maximum Gasteiger partial charge on any atom is 0.0734 e. The summed E-state index contributed by atoms with van der Waals surface area (Å²) in [5.41, 5.74) is 1.31. The molecule has 2 N–H and O–H groups in total. The van der Waals surface area contributed by atoms with Gasteiger partial charge in [-0.3, -0.25) is 0 Å². The summed E-state index contributed by atoms with van der Waals surface area (Å²) in [4.78, 5) is 0. The number of aliphatic hydroxyl groups excluding tert-OH is 2. The van der Waals surface area contributed by atoms with Gasteiger partial charge in [-0.2, -0.15) is 0 Å². The third kappa shape index (κ3) is 3.78. The van der Waals surface area contributed by atoms with E-state index >= 15 is 0 Å². The van der Waals surface area contributed by atoms with Gasteiger partial charge in [0.1, 0.15) is 0 Å². The summed E-state index contributed by atoms with van der Waals surface area (Å²) in [6.07, 6.45) is 5.37. The van der Waals surface area contributed by atoms with Crippen molar-refractivity contribution < 1.29 is 10.2 Å². The van der Waals surface area contributed by atoms with Crippen LogP contribution in [-0.2, 0) is 5.75 Å². The molecule has 0 heterocycles. The van der Waals surface area contributed by atoms with Crippen LogP contribution in [0, 0.1) is 5.92 Å². The van der Waals surface area contributed by atoms with Crippen LogP contribution in [0.2, 0.25) is 0 Å². The first kappa shape index (κ1) is 15.9. The second-order valence-corrected chi connectivity index (χ2v) is 7.39. The Balaban J connectivity index is 2.06. The average Bonchev–Trinajstić information content (AvgIpc) is 2.53. The molecule has 0 spiro atoms. The molecule has 1 fully saturated rings. The van der Waals surface area contributed by atoms with E-state index in [2.05, 4.69) is 24.3 Å². The lowest BCUT2D eigenvalue weighted by atomic mass is 9.80. The maximum atomic E-state index is 10.7. The Bertz CT molecular complexity index is 387. The lowest BCUT2D eigenvalue weighted by molar-refractivity contribution is 0.0332. The molecule has 1 aliphatic carbocycles. The number of benzene rings is 1. The first-order valence-corrected chi connectivity index (χ1v) is 8.63. The molecule has 2 nitrogen and oxygen atoms in total. The van der Waals surface area contributed by atoms with E-state index in [0.717, 1.165) is 18.6 Å². The van der Waals surface area contributed by atoms with Gasteiger partial charge in [-0.1, -0.05) is 56.5 Å². The minimum atomic E-state index is -0.415. The zero-order valence-electron chi connectivity index (χ0n) is 12.3. The average molecular weight is 294 g/mol. The molecule has 1 aliphatic rings. The van der Waals surface area contributed by atoms with Gasteiger partial charge in [-0.05, 0) is 18.4 Å². The summed E-state index contributed by atoms with van der Waals surface area (Å²) in [6, 6.07) is 10.5. The molecule has 1 aromatic rings. The smallest absolute Gasteiger partial charge is 0.0734 e. The van der Waals surface area contributed by atoms with Crippen LogP contribution in [0.3, 0.4) is 0 Å². The summed E-state index contributed by atoms with van der Waals surface area (Å²) in [5, 5.41) is 20.1. The van der Waals surface area contributed by atoms with E-state index in [1.807, 2.05) is 24.8 Å². The van der Waals surface area contributed by atoms with Crippen molar-refractivity contribution in [1.82, 2.24) is 0 Å². The van der Waals surface area contributed by atoms with Crippen molar-refractivity contribution in [2.75, 3.05) is 6.61 Å². The van der Waals surface area contributed by atoms with Gasteiger partial charge in [0.2, 0.25) is 0 Å². The quantitative estimate of drug-likeness (QED) is 0.842. The molecule has 0 radical (unpaired) electrons. The molecule has 0 saturated heterocycles. The van der Waals surface area contributed by atoms with Crippen molar-refractivity contribution in [3.05, 3.63) is 35.9 Å². The summed E-state index contributed by atoms with van der Waals surface area (Å²) < 4.78 is -0.0732. The van der Waals surface area contributed by atoms with Crippen molar-refractivity contribution in [3.8, 4) is 0 Å². The predicted molar refractivity (Wildman–Crippen MR) is 85.8 cm³/mol. The van der Waals surface area contributed by atoms with E-state index in [-0.39, 0.29) is 17.3 Å². The second kappa shape index (κ2) is 7.48. The predicted octanol–water partition coefficient (Wildman–Crippen LogP) is 3.61. The van der Waals surface area contributed by atoms with Gasteiger partial charge in [-0.15, -0.1) is 11.8 Å². The van der Waals surface area contributed by atoms with Gasteiger partial charge in [-0.25, -0.2) is 0 Å². The van der Waals surface area contributed by atoms with Gasteiger partial charge in [0.05, 0.1) is 6.10 Å². The Labute approximate surface area is 126 Å². The maximum absolute atomic E-state index is 10.7. The van der Waals surface area contributed by atoms with Crippen molar-refractivity contribution in [1.29, 1.82) is 0 Å². The largest absolute Gasteiger partial charge is 0.396 e. The van der Waals surface area contributed by atoms with Gasteiger partial charge in [0, 0.05) is 23.0 Å². The number of thioether (sulfide) groups is 1. The Hall–Kier alpha value is -0.510. The standard InChI is InChI=1S/C17H26O2S/c1-14(12-18)16(19)17(10-6-3-7-11-17)20-13-15-8-4-2-5-9-15/h2,4-5,8-9,14,16,18-19H,3,6-7,10-13H2,1H3/t14-,16-/m1/s1. The monoisotopic (exact) mass is 294 g/mol. The van der Waals surface area contributed by atoms with E-state index in [9.17, 15) is 10.2 Å². The van der Waals surface area contributed by atoms with Crippen LogP contribution >= 0.6 is 11.8 Å². The number of hydrogen-bond donors (Lipinski definition) is 2. The number of rotatable bonds is 6. The SMILES string of the molecule is C[C@H](CO)[C@@H](O)C1(SCc2ccccc2)CCCCC1. The second-order valence-electron chi connectivity index (χ2n) is 6.00. The van der Waals surface area contributed by atoms with Gasteiger partial charge in [0.25, 0.3) is 0 Å². The molecule has 0 aromatic heterocycles. The fourth-order valence-electron chi connectivity index (χ4n) is 3.10. The van der Waals surface area contributed by atoms with Gasteiger partial charge >= 0.3 is 0 Å². The van der Waals surface area contributed by atoms with Crippen LogP contribution in [0.4, 0.5) is 0 Å². The Morgan fingerprint density at radius 1 is 1.15 bits per heavy atom. The fourth-order valence-corrected chi connectivity index (χ4v) is 4.72. The van der Waals surface area contributed by atoms with Gasteiger partial charge < -0.3 is 10.2 Å². The molecule has 1 saturated carbocycles. The lowest BCUT2D eigenvalue weighted by Gasteiger charge is -2.42. The van der Waals surface area contributed by atoms with E-state index in [0.29, 0.717) is 0 Å². The van der Waals surface area contributed by atoms with Crippen LogP contribution < -0.4 is 0 Å². The third-order valence-corrected chi connectivity index (χ3v) is 6.14. The van der Waals surface area contributed by atoms with E-state index < -0.39 is 6.10 Å². The molecule has 112 valence electrons. The van der Waals surface area contributed by atoms with Crippen molar-refractivity contribution in [2.24, 2.45) is 5.92 Å². The summed E-state index contributed by atoms with van der Waals surface area (Å²) >= 11 is 1.89. The van der Waals surface area contributed by atoms with E-state index in [1.54, 1.807) is 0 Å². The summed E-state index contributed by atoms with van der Waals surface area (Å²) in [6.45, 7) is 2.01. The lowest BCUT2D eigenvalue weighted by Crippen LogP contribution is -2.45. The number of hydrogen-bond acceptors (Lipinski definition) is 3. The van der Waals surface area contributed by atoms with Crippen LogP contribution in [0.25, 0.3) is 0 Å². The molecule has 20 heavy (non-hydrogen) atoms. The highest BCUT2D eigenvalue weighted by Gasteiger charge is 2.41. The number of aliphatic hydroxyl groups is 2. The molecule has 0 bridgehead atoms. The minimum Gasteiger partial charge on any atom is -0.396 e. The highest BCUT2D eigenvalue weighted by molar-refractivity contribution is 8.00. The third-order valence-electron chi connectivity index (χ3n) is 4.44. The summed E-state index contributed by atoms with van der Waals surface area (Å²) in [5.74, 6) is 0.895. The first-order chi connectivity index (χ1) is 9.68. The van der Waals surface area contributed by atoms with Crippen LogP contribution in [0.15, 0.2) is 30.3 Å². The molecular formula is C17H26O2S. The first-order valence-electron chi connectivity index (χ1n) is 7.65. The molecule has 3 heteroatoms. The zero-order valence-corrected chi connectivity index (χ0v) is 13.1. The van der Waals surface area contributed by atoms with Crippen LogP contribution in [0.5, 0.6) is 0 Å². The Morgan fingerprint density at radius 3 is 2.40 bits per heavy atom. The van der Waals surface area contributed by atoms with Crippen LogP contribution in [-0.4, -0.2) is 27.7 Å². The topological polar surface area (TPSA) is 40.5 Å². The molecule has 0 aliphatic heterocycles. The highest BCUT2D eigenvalue weighted by atomic mass is 32.2. The van der Waals surface area contributed by atoms with Crippen molar-refractivity contribution >= 4 is 11.8 Å². The zero-order chi connectivity index (χ0) is 14.4. The fraction of sp³-hybridized carbons (Fsp3) is 0.647. The molecule has 0 unspecified atom stereocenters. The molecule has 2 atom stereocenters. The molecule has 1 aromatic carbocycles. The van der Waals surface area contributed by atoms with Gasteiger partial charge in [0.15, 0.2) is 0 Å². The molecule has 2 rings (SSSR count). The Morgan fingerprint density at radius 2 is 1.80 bits per heavy atom.